The van der Waals surface area contributed by atoms with Gasteiger partial charge in [-0.3, -0.25) is 0 Å². The highest BCUT2D eigenvalue weighted by molar-refractivity contribution is 6.30. The molecule has 0 bridgehead atoms. The summed E-state index contributed by atoms with van der Waals surface area (Å²) < 4.78 is 662. The van der Waals surface area contributed by atoms with Gasteiger partial charge in [-0.2, -0.15) is 0 Å². The van der Waals surface area contributed by atoms with Gasteiger partial charge in [0, 0.05) is 32.3 Å². The van der Waals surface area contributed by atoms with Crippen LogP contribution in [-0.2, 0) is 0 Å². The molecule has 0 saturated heterocycles. The zero-order chi connectivity index (χ0) is 157. The van der Waals surface area contributed by atoms with Crippen LogP contribution in [0.1, 0.15) is 97.3 Å². The van der Waals surface area contributed by atoms with E-state index < -0.39 is 642 Å². The Morgan fingerprint density at radius 3 is 0.924 bits per heavy atom. The molecule has 0 spiro atoms. The second-order valence-electron chi connectivity index (χ2n) is 33.0. The van der Waals surface area contributed by atoms with Crippen LogP contribution < -0.4 is 0 Å². The van der Waals surface area contributed by atoms with Crippen LogP contribution in [0.4, 0.5) is 0 Å². The molecule has 0 aliphatic rings. The molecule has 28 aromatic carbocycles. The highest BCUT2D eigenvalue weighted by Gasteiger charge is 2.28. The molecule has 3 aromatic heterocycles. The fourth-order valence-electron chi connectivity index (χ4n) is 19.2. The maximum Gasteiger partial charge on any atom is 0.136 e. The summed E-state index contributed by atoms with van der Waals surface area (Å²) >= 11 is 0. The molecule has 0 N–H and O–H groups in total. The Bertz CT molecular complexity index is 15300. The van der Waals surface area contributed by atoms with Crippen molar-refractivity contribution in [2.75, 3.05) is 0 Å². The van der Waals surface area contributed by atoms with Crippen LogP contribution in [0.5, 0.6) is 0 Å². The molecule has 3 heteroatoms. The van der Waals surface area contributed by atoms with E-state index in [-0.39, 0.29) is 32.7 Å². The van der Waals surface area contributed by atoms with E-state index in [1.807, 2.05) is 84.9 Å². The van der Waals surface area contributed by atoms with Crippen molar-refractivity contribution in [3.8, 4) is 100 Å². The van der Waals surface area contributed by atoms with E-state index in [1.165, 1.54) is 0 Å². The summed E-state index contributed by atoms with van der Waals surface area (Å²) in [6.07, 6.45) is 0. The average molecular weight is 1910 g/mol. The Hall–Kier alpha value is -19.1. The second-order valence-corrected chi connectivity index (χ2v) is 33.0. The van der Waals surface area contributed by atoms with Crippen LogP contribution in [0, 0.1) is 0 Å². The van der Waals surface area contributed by atoms with Gasteiger partial charge in [0.15, 0.2) is 0 Å². The second kappa shape index (κ2) is 33.9. The molecular formula is C142H86O3. The van der Waals surface area contributed by atoms with Crippen molar-refractivity contribution in [1.29, 1.82) is 0 Å². The predicted molar refractivity (Wildman–Crippen MR) is 618 cm³/mol. The molecule has 0 saturated carbocycles. The molecule has 3 nitrogen and oxygen atoms in total. The molecule has 0 atom stereocenters. The predicted octanol–water partition coefficient (Wildman–Crippen LogP) is 40.8. The number of benzene rings is 28. The van der Waals surface area contributed by atoms with E-state index in [0.29, 0.717) is 38.6 Å². The lowest BCUT2D eigenvalue weighted by atomic mass is 9.81. The van der Waals surface area contributed by atoms with Gasteiger partial charge in [0.1, 0.15) is 33.5 Å². The minimum Gasteiger partial charge on any atom is -0.456 e. The number of hydrogen-bond donors (Lipinski definition) is 0. The van der Waals surface area contributed by atoms with Gasteiger partial charge in [-0.1, -0.05) is 453 Å². The van der Waals surface area contributed by atoms with Gasteiger partial charge in [-0.15, -0.1) is 0 Å². The normalized spacial score (nSPS) is 18.7. The Labute approximate surface area is 934 Å². The van der Waals surface area contributed by atoms with Crippen molar-refractivity contribution in [3.05, 3.63) is 520 Å². The summed E-state index contributed by atoms with van der Waals surface area (Å²) in [5.41, 5.74) is -10.4. The van der Waals surface area contributed by atoms with Crippen LogP contribution in [-0.4, -0.2) is 0 Å². The molecule has 0 unspecified atom stereocenters. The minimum absolute atomic E-state index is 0.0315. The van der Waals surface area contributed by atoms with E-state index in [1.54, 1.807) is 6.07 Å². The van der Waals surface area contributed by atoms with E-state index in [9.17, 15) is 37.0 Å². The van der Waals surface area contributed by atoms with Crippen LogP contribution >= 0.6 is 0 Å². The minimum atomic E-state index is -1.11. The fraction of sp³-hybridized carbons (Fsp3) is 0. The molecule has 31 aromatic rings. The van der Waals surface area contributed by atoms with Crippen molar-refractivity contribution in [2.24, 2.45) is 0 Å². The molecule has 0 aliphatic heterocycles. The van der Waals surface area contributed by atoms with E-state index in [2.05, 4.69) is 0 Å². The maximum absolute atomic E-state index is 9.86. The van der Waals surface area contributed by atoms with Crippen LogP contribution in [0.3, 0.4) is 0 Å². The largest absolute Gasteiger partial charge is 0.456 e. The van der Waals surface area contributed by atoms with Crippen LogP contribution in [0.15, 0.2) is 533 Å². The van der Waals surface area contributed by atoms with Crippen molar-refractivity contribution < 1.29 is 111 Å². The third kappa shape index (κ3) is 13.6. The van der Waals surface area contributed by atoms with Gasteiger partial charge in [-0.25, -0.2) is 0 Å². The van der Waals surface area contributed by atoms with Gasteiger partial charge in [0.25, 0.3) is 0 Å². The first-order valence-corrected chi connectivity index (χ1v) is 44.2. The molecule has 672 valence electrons. The van der Waals surface area contributed by atoms with Crippen LogP contribution in [0.25, 0.3) is 306 Å². The summed E-state index contributed by atoms with van der Waals surface area (Å²) in [6.45, 7) is 0. The summed E-state index contributed by atoms with van der Waals surface area (Å²) in [7, 11) is 0. The summed E-state index contributed by atoms with van der Waals surface area (Å²) in [4.78, 5) is 0. The standard InChI is InChI=1S/C50H30O.2C46H28O/c1-2-14-34-29-36(22-21-31(34)11-1)47-40-17-7-9-19-42(40)50(43-20-10-8-18-41(43)47)49-38-16-6-4-12-32(38)23-26-39(49)35-25-27-45-44(30-35)48-37-15-5-3-13-33(37)24-28-46(48)51-45;1-3-15-32-29(12-1)14-11-23-36(32)45-39-21-9-7-19-37(39)44(38-20-8-10-22-40(38)45)35-18-6-5-16-33(35)31-25-26-42-41(28-31)46-34-17-4-2-13-30(34)24-27-43(46)47-42;1-2-13-31-27-33(22-21-29(31)11-1)44-37-17-7-9-19-39(37)45(40-20-10-8-18-38(40)44)36-16-6-5-14-34(36)32-24-25-42-41(28-32)46-35-15-4-3-12-30(35)23-26-43(46)47-42/h1-30H;2*1-28H/i1D,2D,7D,8D,9D,10D,11D,14D,17D,18D,19D,20D,21D,22D,29D;2*1D,2D,3D,4D,5D,6D,7D,8D,9D,10D,11D,12D,13D,14D,15D,16D,17D,18D,19D,20D,21D,22D,23D,24D,25D,26D,27D,28D. The monoisotopic (exact) mass is 1910 g/mol. The third-order valence-electron chi connectivity index (χ3n) is 25.3. The lowest BCUT2D eigenvalue weighted by Crippen LogP contribution is -1.94. The highest BCUT2D eigenvalue weighted by atomic mass is 16.3. The van der Waals surface area contributed by atoms with Crippen molar-refractivity contribution in [2.45, 2.75) is 0 Å². The lowest BCUT2D eigenvalue weighted by molar-refractivity contribution is 0.669. The Balaban J connectivity index is 0.000000138. The van der Waals surface area contributed by atoms with E-state index in [4.69, 9.17) is 73.6 Å². The lowest BCUT2D eigenvalue weighted by Gasteiger charge is -2.21. The Kier molecular flexibility index (Phi) is 9.08. The van der Waals surface area contributed by atoms with E-state index in [0.717, 1.165) is 21.5 Å². The first-order valence-electron chi connectivity index (χ1n) is 79.7. The quantitative estimate of drug-likeness (QED) is 0.135. The first kappa shape index (κ1) is 38.9. The number of hydrogen-bond acceptors (Lipinski definition) is 3. The number of furan rings is 3. The van der Waals surface area contributed by atoms with Gasteiger partial charge in [0.2, 0.25) is 0 Å². The third-order valence-corrected chi connectivity index (χ3v) is 25.3. The smallest absolute Gasteiger partial charge is 0.136 e. The summed E-state index contributed by atoms with van der Waals surface area (Å²) in [5, 5.41) is -9.68. The molecule has 3 heterocycles. The molecular weight excluding hydrogens is 1750 g/mol. The van der Waals surface area contributed by atoms with Gasteiger partial charge >= 0.3 is 0 Å². The zero-order valence-corrected chi connectivity index (χ0v) is 73.4. The zero-order valence-electron chi connectivity index (χ0n) is 144. The van der Waals surface area contributed by atoms with Crippen molar-refractivity contribution in [3.63, 3.8) is 0 Å². The Morgan fingerprint density at radius 1 is 0.131 bits per heavy atom. The molecule has 0 amide bonds. The molecule has 0 radical (unpaired) electrons. The highest BCUT2D eigenvalue weighted by Crippen LogP contribution is 2.55. The van der Waals surface area contributed by atoms with Gasteiger partial charge < -0.3 is 13.3 Å². The van der Waals surface area contributed by atoms with Crippen LogP contribution in [0.2, 0.25) is 0 Å². The molecule has 0 aliphatic carbocycles. The maximum atomic E-state index is 9.86. The molecule has 0 fully saturated rings. The molecule has 31 rings (SSSR count). The summed E-state index contributed by atoms with van der Waals surface area (Å²) in [5.74, 6) is 0. The number of rotatable bonds is 9. The SMILES string of the molecule is [2H]c1c([2H])c([2H])c(-c2c3c([2H])c([2H])c([2H])c([2H])c3c(-c3c([2H])c([2H])c([2H])c4c([2H])c([2H])c([2H])c([2H])c34)c3c([2H])c([2H])c([2H])c([2H])c23)c(-c2c([2H])c([2H])c3oc4c([2H])c([2H])c5c([2H])c([2H])c([2H])c([2H])c5c4c3c2[2H])c1[2H].[2H]c1c([2H])c([2H])c(-c2c3c([2H])c([2H])c([2H])c([2H])c3c(-c3c([2H])c([2H])c4c([2H])c([2H])c([2H])c([2H])c4c3[2H])c3c([2H])c([2H])c([2H])c([2H])c23)c(-c2c([2H])c([2H])c3oc4c([2H])c([2H])c5c([2H])c([2H])c([2H])c([2H])c5c4c3c2[2H])c1[2H].[2H]c1c([2H])c([2H])c2c([2H])c(-c3c4c([2H])c([2H])c([2H])c([2H])c4c(-c4c(-c5ccc6oc7ccc8ccccc8c7c6c5)ccc5ccccc45)c4c([2H])c([2H])c([2H])c([2H])c34)c([2H])c([2H])c2c1[2H]. The Morgan fingerprint density at radius 2 is 0.448 bits per heavy atom. The topological polar surface area (TPSA) is 39.4 Å². The summed E-state index contributed by atoms with van der Waals surface area (Å²) in [6, 6.07) is -34.4. The molecule has 145 heavy (non-hydrogen) atoms. The fourth-order valence-corrected chi connectivity index (χ4v) is 19.2. The van der Waals surface area contributed by atoms with E-state index >= 15 is 0 Å². The average Bonchev–Trinajstić information content (AvgIpc) is 0.790. The van der Waals surface area contributed by atoms with Gasteiger partial charge in [0.05, 0.1) is 97.3 Å². The van der Waals surface area contributed by atoms with Crippen molar-refractivity contribution >= 4 is 206 Å². The van der Waals surface area contributed by atoms with Gasteiger partial charge in [-0.05, 0) is 307 Å². The number of fused-ring (bicyclic) bond motifs is 25. The first-order chi connectivity index (χ1) is 102. The van der Waals surface area contributed by atoms with Crippen molar-refractivity contribution in [1.82, 2.24) is 0 Å².